The molecule has 0 aromatic carbocycles. The van der Waals surface area contributed by atoms with Crippen molar-refractivity contribution in [1.82, 2.24) is 25.0 Å². The van der Waals surface area contributed by atoms with Crippen LogP contribution in [0.2, 0.25) is 0 Å². The summed E-state index contributed by atoms with van der Waals surface area (Å²) in [5.41, 5.74) is 1.33. The number of hydrogen-bond donors (Lipinski definition) is 2. The van der Waals surface area contributed by atoms with E-state index in [1.807, 2.05) is 13.8 Å². The Morgan fingerprint density at radius 1 is 1.53 bits per heavy atom. The monoisotopic (exact) mass is 264 g/mol. The fraction of sp³-hybridized carbons (Fsp3) is 0.455. The molecular weight excluding hydrogens is 248 g/mol. The third-order valence-electron chi connectivity index (χ3n) is 2.50. The van der Waals surface area contributed by atoms with Crippen LogP contribution >= 0.6 is 0 Å². The summed E-state index contributed by atoms with van der Waals surface area (Å²) in [6.45, 7) is 4.28. The van der Waals surface area contributed by atoms with Crippen molar-refractivity contribution in [3.05, 3.63) is 17.5 Å². The highest BCUT2D eigenvalue weighted by molar-refractivity contribution is 6.02. The molecule has 0 aliphatic rings. The molecule has 2 heterocycles. The van der Waals surface area contributed by atoms with Crippen LogP contribution in [0.25, 0.3) is 0 Å². The first-order chi connectivity index (χ1) is 9.13. The normalized spacial score (nSPS) is 10.5. The molecule has 2 rings (SSSR count). The van der Waals surface area contributed by atoms with E-state index < -0.39 is 0 Å². The van der Waals surface area contributed by atoms with Crippen molar-refractivity contribution in [3.63, 3.8) is 0 Å². The second-order valence-electron chi connectivity index (χ2n) is 3.85. The van der Waals surface area contributed by atoms with E-state index >= 15 is 0 Å². The summed E-state index contributed by atoms with van der Waals surface area (Å²) in [5.74, 6) is -0.0541. The SMILES string of the molecule is CCOc1n[nH]c(NC(=O)c2cc(CC)nn2C)n1. The summed E-state index contributed by atoms with van der Waals surface area (Å²) in [7, 11) is 1.72. The third-order valence-corrected chi connectivity index (χ3v) is 2.50. The van der Waals surface area contributed by atoms with Gasteiger partial charge in [-0.3, -0.25) is 14.8 Å². The van der Waals surface area contributed by atoms with Gasteiger partial charge >= 0.3 is 6.01 Å². The molecule has 0 unspecified atom stereocenters. The van der Waals surface area contributed by atoms with Crippen molar-refractivity contribution in [1.29, 1.82) is 0 Å². The van der Waals surface area contributed by atoms with Gasteiger partial charge in [0.15, 0.2) is 0 Å². The number of anilines is 1. The first-order valence-corrected chi connectivity index (χ1v) is 6.03. The lowest BCUT2D eigenvalue weighted by Crippen LogP contribution is -2.16. The molecule has 0 saturated carbocycles. The maximum Gasteiger partial charge on any atom is 0.337 e. The van der Waals surface area contributed by atoms with E-state index in [0.29, 0.717) is 12.3 Å². The van der Waals surface area contributed by atoms with E-state index in [-0.39, 0.29) is 17.9 Å². The predicted octanol–water partition coefficient (Wildman–Crippen LogP) is 0.752. The minimum atomic E-state index is -0.297. The fourth-order valence-electron chi connectivity index (χ4n) is 1.58. The molecular formula is C11H16N6O2. The van der Waals surface area contributed by atoms with Gasteiger partial charge in [0.25, 0.3) is 5.91 Å². The van der Waals surface area contributed by atoms with Crippen molar-refractivity contribution in [2.45, 2.75) is 20.3 Å². The van der Waals surface area contributed by atoms with Gasteiger partial charge in [-0.2, -0.15) is 10.1 Å². The lowest BCUT2D eigenvalue weighted by molar-refractivity contribution is 0.101. The highest BCUT2D eigenvalue weighted by Crippen LogP contribution is 2.09. The number of amides is 1. The number of nitrogens with one attached hydrogen (secondary N) is 2. The third kappa shape index (κ3) is 2.90. The molecule has 0 saturated heterocycles. The molecule has 0 spiro atoms. The number of nitrogens with zero attached hydrogens (tertiary/aromatic N) is 4. The summed E-state index contributed by atoms with van der Waals surface area (Å²) in [6.07, 6.45) is 0.776. The molecule has 0 bridgehead atoms. The molecule has 8 nitrogen and oxygen atoms in total. The molecule has 19 heavy (non-hydrogen) atoms. The minimum Gasteiger partial charge on any atom is -0.463 e. The molecule has 8 heteroatoms. The number of carbonyl (C=O) groups excluding carboxylic acids is 1. The van der Waals surface area contributed by atoms with Gasteiger partial charge in [-0.1, -0.05) is 6.92 Å². The Morgan fingerprint density at radius 2 is 2.32 bits per heavy atom. The van der Waals surface area contributed by atoms with Gasteiger partial charge in [-0.15, -0.1) is 5.10 Å². The molecule has 2 N–H and O–H groups in total. The van der Waals surface area contributed by atoms with Crippen molar-refractivity contribution in [2.75, 3.05) is 11.9 Å². The van der Waals surface area contributed by atoms with Crippen LogP contribution in [0, 0.1) is 0 Å². The average Bonchev–Trinajstić information content (AvgIpc) is 2.96. The van der Waals surface area contributed by atoms with Gasteiger partial charge in [0.2, 0.25) is 5.95 Å². The zero-order valence-corrected chi connectivity index (χ0v) is 11.1. The largest absolute Gasteiger partial charge is 0.463 e. The predicted molar refractivity (Wildman–Crippen MR) is 68.1 cm³/mol. The van der Waals surface area contributed by atoms with Crippen molar-refractivity contribution in [3.8, 4) is 6.01 Å². The summed E-state index contributed by atoms with van der Waals surface area (Å²) < 4.78 is 6.63. The molecule has 2 aromatic rings. The van der Waals surface area contributed by atoms with Crippen LogP contribution in [0.15, 0.2) is 6.07 Å². The summed E-state index contributed by atoms with van der Waals surface area (Å²) in [5, 5.41) is 13.2. The Bertz CT molecular complexity index is 574. The van der Waals surface area contributed by atoms with Crippen LogP contribution < -0.4 is 10.1 Å². The Kier molecular flexibility index (Phi) is 3.79. The van der Waals surface area contributed by atoms with Crippen molar-refractivity contribution < 1.29 is 9.53 Å². The summed E-state index contributed by atoms with van der Waals surface area (Å²) in [6, 6.07) is 1.95. The first kappa shape index (κ1) is 13.1. The van der Waals surface area contributed by atoms with Gasteiger partial charge in [0.05, 0.1) is 12.3 Å². The van der Waals surface area contributed by atoms with Gasteiger partial charge in [0.1, 0.15) is 5.69 Å². The average molecular weight is 264 g/mol. The van der Waals surface area contributed by atoms with E-state index in [2.05, 4.69) is 25.6 Å². The number of carbonyl (C=O) groups is 1. The molecule has 0 fully saturated rings. The van der Waals surface area contributed by atoms with Crippen LogP contribution in [0.5, 0.6) is 6.01 Å². The van der Waals surface area contributed by atoms with E-state index in [1.165, 1.54) is 4.68 Å². The van der Waals surface area contributed by atoms with Crippen molar-refractivity contribution >= 4 is 11.9 Å². The number of aromatic amines is 1. The summed E-state index contributed by atoms with van der Waals surface area (Å²) >= 11 is 0. The molecule has 2 aromatic heterocycles. The number of rotatable bonds is 5. The second kappa shape index (κ2) is 5.51. The van der Waals surface area contributed by atoms with E-state index in [4.69, 9.17) is 4.74 Å². The van der Waals surface area contributed by atoms with Crippen LogP contribution in [0.3, 0.4) is 0 Å². The highest BCUT2D eigenvalue weighted by Gasteiger charge is 2.14. The molecule has 0 atom stereocenters. The van der Waals surface area contributed by atoms with Gasteiger partial charge < -0.3 is 4.74 Å². The first-order valence-electron chi connectivity index (χ1n) is 6.03. The summed E-state index contributed by atoms with van der Waals surface area (Å²) in [4.78, 5) is 16.0. The maximum absolute atomic E-state index is 12.0. The molecule has 1 amide bonds. The number of aryl methyl sites for hydroxylation is 2. The minimum absolute atomic E-state index is 0.206. The number of hydrogen-bond acceptors (Lipinski definition) is 5. The van der Waals surface area contributed by atoms with Gasteiger partial charge in [-0.25, -0.2) is 5.10 Å². The van der Waals surface area contributed by atoms with E-state index in [9.17, 15) is 4.79 Å². The standard InChI is InChI=1S/C11H16N6O2/c1-4-7-6-8(17(3)16-7)9(18)12-10-13-11(15-14-10)19-5-2/h6H,4-5H2,1-3H3,(H2,12,13,14,15,18). The van der Waals surface area contributed by atoms with E-state index in [0.717, 1.165) is 12.1 Å². The van der Waals surface area contributed by atoms with Crippen molar-refractivity contribution in [2.24, 2.45) is 7.05 Å². The topological polar surface area (TPSA) is 97.7 Å². The number of ether oxygens (including phenoxy) is 1. The Balaban J connectivity index is 2.09. The highest BCUT2D eigenvalue weighted by atomic mass is 16.5. The lowest BCUT2D eigenvalue weighted by Gasteiger charge is -2.00. The van der Waals surface area contributed by atoms with E-state index in [1.54, 1.807) is 13.1 Å². The Labute approximate surface area is 110 Å². The zero-order valence-electron chi connectivity index (χ0n) is 11.1. The van der Waals surface area contributed by atoms with Gasteiger partial charge in [-0.05, 0) is 19.4 Å². The Morgan fingerprint density at radius 3 is 2.95 bits per heavy atom. The molecule has 0 aliphatic carbocycles. The van der Waals surface area contributed by atoms with Crippen LogP contribution in [0.1, 0.15) is 30.0 Å². The van der Waals surface area contributed by atoms with Gasteiger partial charge in [0, 0.05) is 7.05 Å². The number of H-pyrrole nitrogens is 1. The lowest BCUT2D eigenvalue weighted by atomic mass is 10.3. The van der Waals surface area contributed by atoms with Crippen LogP contribution in [0.4, 0.5) is 5.95 Å². The number of aromatic nitrogens is 5. The zero-order chi connectivity index (χ0) is 13.8. The maximum atomic E-state index is 12.0. The second-order valence-corrected chi connectivity index (χ2v) is 3.85. The molecule has 0 radical (unpaired) electrons. The Hall–Kier alpha value is -2.38. The van der Waals surface area contributed by atoms with Crippen LogP contribution in [-0.4, -0.2) is 37.5 Å². The quantitative estimate of drug-likeness (QED) is 0.830. The van der Waals surface area contributed by atoms with Crippen LogP contribution in [-0.2, 0) is 13.5 Å². The molecule has 102 valence electrons. The fourth-order valence-corrected chi connectivity index (χ4v) is 1.58. The smallest absolute Gasteiger partial charge is 0.337 e. The molecule has 0 aliphatic heterocycles.